The Morgan fingerprint density at radius 3 is 2.56 bits per heavy atom. The van der Waals surface area contributed by atoms with Crippen molar-refractivity contribution in [3.05, 3.63) is 89.6 Å². The Bertz CT molecular complexity index is 1640. The molecule has 2 aliphatic rings. The summed E-state index contributed by atoms with van der Waals surface area (Å²) in [6.07, 6.45) is 1.68. The van der Waals surface area contributed by atoms with Gasteiger partial charge in [0.1, 0.15) is 5.54 Å². The fraction of sp³-hybridized carbons (Fsp3) is 0.233. The number of aromatic amines is 1. The van der Waals surface area contributed by atoms with Crippen molar-refractivity contribution in [3.8, 4) is 11.5 Å². The number of rotatable bonds is 6. The number of nitrogens with one attached hydrogen (secondary N) is 2. The zero-order valence-corrected chi connectivity index (χ0v) is 21.3. The third-order valence-electron chi connectivity index (χ3n) is 8.03. The van der Waals surface area contributed by atoms with E-state index in [-0.39, 0.29) is 17.9 Å². The molecule has 4 N–H and O–H groups in total. The van der Waals surface area contributed by atoms with Crippen molar-refractivity contribution in [1.82, 2.24) is 10.3 Å². The normalized spacial score (nSPS) is 24.4. The number of aromatic nitrogens is 1. The number of phenolic OH excluding ortho intramolecular Hbond substituents is 1. The van der Waals surface area contributed by atoms with Crippen LogP contribution in [-0.4, -0.2) is 45.6 Å². The number of carboxylic acids is 1. The number of methoxy groups -OCH3 is 1. The first-order valence-electron chi connectivity index (χ1n) is 12.6. The fourth-order valence-electron chi connectivity index (χ4n) is 6.26. The average Bonchev–Trinajstić information content (AvgIpc) is 3.56. The lowest BCUT2D eigenvalue weighted by Gasteiger charge is -2.31. The monoisotopic (exact) mass is 525 g/mol. The number of imide groups is 1. The Morgan fingerprint density at radius 2 is 1.82 bits per heavy atom. The van der Waals surface area contributed by atoms with Crippen LogP contribution in [0.4, 0.5) is 5.69 Å². The number of nitrogens with zero attached hydrogens (tertiary/aromatic N) is 1. The number of aliphatic carboxylic acids is 1. The van der Waals surface area contributed by atoms with E-state index in [1.165, 1.54) is 7.11 Å². The number of para-hydroxylation sites is 2. The van der Waals surface area contributed by atoms with E-state index in [1.54, 1.807) is 42.6 Å². The van der Waals surface area contributed by atoms with Crippen LogP contribution >= 0.6 is 0 Å². The number of carbonyl (C=O) groups excluding carboxylic acids is 2. The zero-order valence-electron chi connectivity index (χ0n) is 21.3. The number of benzene rings is 3. The molecular formula is C30H27N3O6. The molecule has 2 amide bonds. The van der Waals surface area contributed by atoms with Crippen molar-refractivity contribution >= 4 is 34.4 Å². The summed E-state index contributed by atoms with van der Waals surface area (Å²) in [5.74, 6) is -4.68. The number of amides is 2. The number of carboxylic acid groups (broad SMARTS) is 1. The minimum Gasteiger partial charge on any atom is -0.504 e. The summed E-state index contributed by atoms with van der Waals surface area (Å²) in [7, 11) is 1.41. The second-order valence-electron chi connectivity index (χ2n) is 10.2. The quantitative estimate of drug-likeness (QED) is 0.282. The number of hydrogen-bond acceptors (Lipinski definition) is 6. The molecule has 2 fully saturated rings. The molecule has 0 bridgehead atoms. The highest BCUT2D eigenvalue weighted by molar-refractivity contribution is 6.24. The lowest BCUT2D eigenvalue weighted by molar-refractivity contribution is -0.148. The van der Waals surface area contributed by atoms with E-state index >= 15 is 0 Å². The van der Waals surface area contributed by atoms with Crippen molar-refractivity contribution in [2.45, 2.75) is 24.9 Å². The van der Waals surface area contributed by atoms with Gasteiger partial charge < -0.3 is 19.9 Å². The van der Waals surface area contributed by atoms with Gasteiger partial charge in [-0.25, -0.2) is 4.90 Å². The van der Waals surface area contributed by atoms with Crippen LogP contribution in [-0.2, 0) is 20.8 Å². The number of aromatic hydroxyl groups is 1. The molecule has 3 heterocycles. The predicted octanol–water partition coefficient (Wildman–Crippen LogP) is 3.71. The Morgan fingerprint density at radius 1 is 1.05 bits per heavy atom. The van der Waals surface area contributed by atoms with Gasteiger partial charge in [0.05, 0.1) is 24.6 Å². The molecule has 0 aliphatic carbocycles. The first-order chi connectivity index (χ1) is 18.8. The van der Waals surface area contributed by atoms with Crippen molar-refractivity contribution < 1.29 is 29.3 Å². The minimum absolute atomic E-state index is 0.0601. The molecule has 4 atom stereocenters. The molecule has 6 rings (SSSR count). The van der Waals surface area contributed by atoms with Crippen LogP contribution < -0.4 is 15.0 Å². The Labute approximate surface area is 224 Å². The first-order valence-corrected chi connectivity index (χ1v) is 12.6. The maximum Gasteiger partial charge on any atom is 0.325 e. The molecule has 9 heteroatoms. The van der Waals surface area contributed by atoms with Crippen LogP contribution in [0.3, 0.4) is 0 Å². The van der Waals surface area contributed by atoms with Gasteiger partial charge in [-0.15, -0.1) is 0 Å². The Kier molecular flexibility index (Phi) is 5.69. The SMILES string of the molecule is COc1cccc([C@@H]2N[C@](Cc3c[nH]c4ccccc34)(C(=O)O)[C@@H]3C(=O)N(c4cccc(C)c4)C(=O)[C@@H]32)c1O. The van der Waals surface area contributed by atoms with E-state index < -0.39 is 41.2 Å². The number of carbonyl (C=O) groups is 3. The number of fused-ring (bicyclic) bond motifs is 2. The Hall–Kier alpha value is -4.63. The third kappa shape index (κ3) is 3.61. The summed E-state index contributed by atoms with van der Waals surface area (Å²) in [6.45, 7) is 1.85. The van der Waals surface area contributed by atoms with Crippen molar-refractivity contribution in [3.63, 3.8) is 0 Å². The van der Waals surface area contributed by atoms with Gasteiger partial charge in [0.25, 0.3) is 0 Å². The summed E-state index contributed by atoms with van der Waals surface area (Å²) in [6, 6.07) is 18.4. The molecular weight excluding hydrogens is 498 g/mol. The van der Waals surface area contributed by atoms with E-state index in [0.29, 0.717) is 16.8 Å². The maximum absolute atomic E-state index is 14.1. The van der Waals surface area contributed by atoms with Gasteiger partial charge in [0.2, 0.25) is 11.8 Å². The maximum atomic E-state index is 14.1. The van der Waals surface area contributed by atoms with Crippen LogP contribution in [0.2, 0.25) is 0 Å². The van der Waals surface area contributed by atoms with Gasteiger partial charge >= 0.3 is 5.97 Å². The highest BCUT2D eigenvalue weighted by Gasteiger charge is 2.69. The highest BCUT2D eigenvalue weighted by atomic mass is 16.5. The molecule has 1 aromatic heterocycles. The standard InChI is InChI=1S/C30H27N3O6/c1-16-7-5-8-18(13-16)33-27(35)23-24(28(33)36)30(29(37)38,14-17-15-31-21-11-4-3-9-19(17)21)32-25(23)20-10-6-12-22(39-2)26(20)34/h3-13,15,23-25,31-32,34H,14H2,1-2H3,(H,37,38)/t23-,24-,25-,30-/m0/s1. The number of ether oxygens (including phenoxy) is 1. The number of aryl methyl sites for hydroxylation is 1. The first kappa shape index (κ1) is 24.7. The molecule has 0 unspecified atom stereocenters. The molecule has 4 aromatic rings. The number of H-pyrrole nitrogens is 1. The van der Waals surface area contributed by atoms with Crippen molar-refractivity contribution in [2.24, 2.45) is 11.8 Å². The summed E-state index contributed by atoms with van der Waals surface area (Å²) in [4.78, 5) is 45.6. The van der Waals surface area contributed by atoms with Gasteiger partial charge in [0.15, 0.2) is 11.5 Å². The third-order valence-corrected chi connectivity index (χ3v) is 8.03. The predicted molar refractivity (Wildman–Crippen MR) is 144 cm³/mol. The smallest absolute Gasteiger partial charge is 0.325 e. The van der Waals surface area contributed by atoms with Crippen LogP contribution in [0.25, 0.3) is 10.9 Å². The molecule has 3 aromatic carbocycles. The van der Waals surface area contributed by atoms with Crippen LogP contribution in [0.1, 0.15) is 22.7 Å². The van der Waals surface area contributed by atoms with Crippen LogP contribution in [0.5, 0.6) is 11.5 Å². The molecule has 9 nitrogen and oxygen atoms in total. The zero-order chi connectivity index (χ0) is 27.5. The highest BCUT2D eigenvalue weighted by Crippen LogP contribution is 2.53. The van der Waals surface area contributed by atoms with E-state index in [9.17, 15) is 24.6 Å². The van der Waals surface area contributed by atoms with E-state index in [1.807, 2.05) is 37.3 Å². The van der Waals surface area contributed by atoms with Crippen LogP contribution in [0.15, 0.2) is 72.9 Å². The summed E-state index contributed by atoms with van der Waals surface area (Å²) < 4.78 is 5.28. The second-order valence-corrected chi connectivity index (χ2v) is 10.2. The molecule has 198 valence electrons. The Balaban J connectivity index is 1.54. The average molecular weight is 526 g/mol. The van der Waals surface area contributed by atoms with Gasteiger partial charge in [0, 0.05) is 35.1 Å². The van der Waals surface area contributed by atoms with E-state index in [0.717, 1.165) is 21.4 Å². The minimum atomic E-state index is -1.83. The summed E-state index contributed by atoms with van der Waals surface area (Å²) >= 11 is 0. The fourth-order valence-corrected chi connectivity index (χ4v) is 6.26. The largest absolute Gasteiger partial charge is 0.504 e. The second kappa shape index (κ2) is 8.99. The number of anilines is 1. The summed E-state index contributed by atoms with van der Waals surface area (Å²) in [5.41, 5.74) is 1.23. The van der Waals surface area contributed by atoms with E-state index in [4.69, 9.17) is 4.74 Å². The molecule has 2 saturated heterocycles. The molecule has 0 radical (unpaired) electrons. The molecule has 0 spiro atoms. The van der Waals surface area contributed by atoms with Crippen molar-refractivity contribution in [1.29, 1.82) is 0 Å². The molecule has 39 heavy (non-hydrogen) atoms. The van der Waals surface area contributed by atoms with Gasteiger partial charge in [-0.1, -0.05) is 42.5 Å². The van der Waals surface area contributed by atoms with E-state index in [2.05, 4.69) is 10.3 Å². The number of hydrogen-bond donors (Lipinski definition) is 4. The van der Waals surface area contributed by atoms with Crippen molar-refractivity contribution in [2.75, 3.05) is 12.0 Å². The lowest BCUT2D eigenvalue weighted by Crippen LogP contribution is -2.57. The molecule has 2 aliphatic heterocycles. The van der Waals surface area contributed by atoms with Gasteiger partial charge in [-0.2, -0.15) is 0 Å². The van der Waals surface area contributed by atoms with Gasteiger partial charge in [-0.05, 0) is 42.3 Å². The summed E-state index contributed by atoms with van der Waals surface area (Å²) in [5, 5.41) is 25.8. The molecule has 0 saturated carbocycles. The number of phenols is 1. The topological polar surface area (TPSA) is 132 Å². The lowest BCUT2D eigenvalue weighted by atomic mass is 9.76. The van der Waals surface area contributed by atoms with Crippen LogP contribution in [0, 0.1) is 18.8 Å². The van der Waals surface area contributed by atoms with Gasteiger partial charge in [-0.3, -0.25) is 19.7 Å².